The first-order valence-corrected chi connectivity index (χ1v) is 10.4. The van der Waals surface area contributed by atoms with E-state index in [1.165, 1.54) is 67.4 Å². The van der Waals surface area contributed by atoms with Crippen molar-refractivity contribution >= 4 is 5.91 Å². The zero-order valence-corrected chi connectivity index (χ0v) is 16.6. The van der Waals surface area contributed by atoms with Gasteiger partial charge in [-0.15, -0.1) is 0 Å². The average Bonchev–Trinajstić information content (AvgIpc) is 3.27. The predicted molar refractivity (Wildman–Crippen MR) is 111 cm³/mol. The summed E-state index contributed by atoms with van der Waals surface area (Å²) in [6.07, 6.45) is 6.41. The average molecular weight is 363 g/mol. The van der Waals surface area contributed by atoms with Crippen LogP contribution in [0.2, 0.25) is 0 Å². The molecule has 1 saturated heterocycles. The van der Waals surface area contributed by atoms with Crippen molar-refractivity contribution in [3.63, 3.8) is 0 Å². The normalized spacial score (nSPS) is 19.7. The third kappa shape index (κ3) is 3.79. The molecule has 0 N–H and O–H groups in total. The van der Waals surface area contributed by atoms with Crippen LogP contribution in [0.15, 0.2) is 42.5 Å². The molecule has 3 nitrogen and oxygen atoms in total. The number of nitrogens with zero attached hydrogens (tertiary/aromatic N) is 2. The maximum Gasteiger partial charge on any atom is 0.253 e. The third-order valence-corrected chi connectivity index (χ3v) is 6.35. The van der Waals surface area contributed by atoms with Crippen molar-refractivity contribution < 1.29 is 4.79 Å². The zero-order chi connectivity index (χ0) is 18.8. The summed E-state index contributed by atoms with van der Waals surface area (Å²) < 4.78 is 0. The molecule has 3 heteroatoms. The second-order valence-electron chi connectivity index (χ2n) is 8.02. The Bertz CT molecular complexity index is 806. The number of hydrogen-bond acceptors (Lipinski definition) is 2. The van der Waals surface area contributed by atoms with Gasteiger partial charge in [-0.2, -0.15) is 0 Å². The molecular formula is C24H30N2O. The molecule has 1 amide bonds. The van der Waals surface area contributed by atoms with Crippen molar-refractivity contribution in [1.82, 2.24) is 9.80 Å². The molecule has 0 spiro atoms. The highest BCUT2D eigenvalue weighted by Crippen LogP contribution is 2.30. The SMILES string of the molecule is CCN(C)C(=O)c1ccc(-c2ccc3c(c2)CCC(N2CCCC2)C3)cc1. The first-order valence-electron chi connectivity index (χ1n) is 10.4. The lowest BCUT2D eigenvalue weighted by atomic mass is 9.85. The van der Waals surface area contributed by atoms with Crippen molar-refractivity contribution in [2.24, 2.45) is 0 Å². The molecule has 2 aromatic rings. The molecule has 0 saturated carbocycles. The van der Waals surface area contributed by atoms with E-state index in [0.717, 1.165) is 18.2 Å². The number of rotatable bonds is 4. The Morgan fingerprint density at radius 2 is 1.74 bits per heavy atom. The topological polar surface area (TPSA) is 23.6 Å². The van der Waals surface area contributed by atoms with E-state index >= 15 is 0 Å². The van der Waals surface area contributed by atoms with Gasteiger partial charge in [0.1, 0.15) is 0 Å². The molecule has 0 aromatic heterocycles. The lowest BCUT2D eigenvalue weighted by molar-refractivity contribution is 0.0802. The second-order valence-corrected chi connectivity index (χ2v) is 8.02. The lowest BCUT2D eigenvalue weighted by Gasteiger charge is -2.32. The number of likely N-dealkylation sites (tertiary alicyclic amines) is 1. The van der Waals surface area contributed by atoms with Crippen molar-refractivity contribution in [2.75, 3.05) is 26.7 Å². The monoisotopic (exact) mass is 362 g/mol. The number of fused-ring (bicyclic) bond motifs is 1. The molecule has 2 aromatic carbocycles. The summed E-state index contributed by atoms with van der Waals surface area (Å²) >= 11 is 0. The Hall–Kier alpha value is -2.13. The Morgan fingerprint density at radius 3 is 2.44 bits per heavy atom. The van der Waals surface area contributed by atoms with Gasteiger partial charge in [-0.05, 0) is 86.5 Å². The van der Waals surface area contributed by atoms with E-state index in [2.05, 4.69) is 35.2 Å². The van der Waals surface area contributed by atoms with Crippen molar-refractivity contribution in [3.8, 4) is 11.1 Å². The summed E-state index contributed by atoms with van der Waals surface area (Å²) in [6.45, 7) is 5.30. The summed E-state index contributed by atoms with van der Waals surface area (Å²) in [5, 5.41) is 0. The fourth-order valence-corrected chi connectivity index (χ4v) is 4.50. The largest absolute Gasteiger partial charge is 0.342 e. The highest BCUT2D eigenvalue weighted by molar-refractivity contribution is 5.94. The fraction of sp³-hybridized carbons (Fsp3) is 0.458. The van der Waals surface area contributed by atoms with Gasteiger partial charge in [0.2, 0.25) is 0 Å². The van der Waals surface area contributed by atoms with Gasteiger partial charge in [0, 0.05) is 25.2 Å². The van der Waals surface area contributed by atoms with Gasteiger partial charge >= 0.3 is 0 Å². The number of amides is 1. The fourth-order valence-electron chi connectivity index (χ4n) is 4.50. The molecule has 4 rings (SSSR count). The minimum atomic E-state index is 0.0856. The van der Waals surface area contributed by atoms with Crippen LogP contribution in [0.5, 0.6) is 0 Å². The standard InChI is InChI=1S/C24H30N2O/c1-3-25(2)24(27)19-8-6-18(7-9-19)20-10-11-22-17-23(13-12-21(22)16-20)26-14-4-5-15-26/h6-11,16,23H,3-5,12-15,17H2,1-2H3. The molecule has 27 heavy (non-hydrogen) atoms. The van der Waals surface area contributed by atoms with E-state index in [9.17, 15) is 4.79 Å². The molecule has 142 valence electrons. The van der Waals surface area contributed by atoms with E-state index in [1.807, 2.05) is 26.1 Å². The van der Waals surface area contributed by atoms with Gasteiger partial charge < -0.3 is 9.80 Å². The highest BCUT2D eigenvalue weighted by atomic mass is 16.2. The highest BCUT2D eigenvalue weighted by Gasteiger charge is 2.26. The molecular weight excluding hydrogens is 332 g/mol. The Labute approximate surface area is 163 Å². The van der Waals surface area contributed by atoms with Crippen LogP contribution in [-0.4, -0.2) is 48.4 Å². The van der Waals surface area contributed by atoms with Crippen molar-refractivity contribution in [1.29, 1.82) is 0 Å². The van der Waals surface area contributed by atoms with Crippen LogP contribution in [0.4, 0.5) is 0 Å². The van der Waals surface area contributed by atoms with Crippen LogP contribution in [-0.2, 0) is 12.8 Å². The Kier molecular flexibility index (Phi) is 5.31. The molecule has 1 atom stereocenters. The number of carbonyl (C=O) groups is 1. The molecule has 2 aliphatic rings. The molecule has 1 heterocycles. The smallest absolute Gasteiger partial charge is 0.253 e. The van der Waals surface area contributed by atoms with Gasteiger partial charge in [-0.25, -0.2) is 0 Å². The van der Waals surface area contributed by atoms with E-state index in [0.29, 0.717) is 0 Å². The first-order chi connectivity index (χ1) is 13.2. The maximum atomic E-state index is 12.3. The van der Waals surface area contributed by atoms with Gasteiger partial charge in [-0.1, -0.05) is 30.3 Å². The summed E-state index contributed by atoms with van der Waals surface area (Å²) in [5.74, 6) is 0.0856. The molecule has 1 aliphatic carbocycles. The van der Waals surface area contributed by atoms with Crippen LogP contribution in [0.1, 0.15) is 47.7 Å². The van der Waals surface area contributed by atoms with Crippen molar-refractivity contribution in [2.45, 2.75) is 45.1 Å². The van der Waals surface area contributed by atoms with E-state index < -0.39 is 0 Å². The molecule has 0 radical (unpaired) electrons. The number of aryl methyl sites for hydroxylation is 1. The second kappa shape index (κ2) is 7.85. The summed E-state index contributed by atoms with van der Waals surface area (Å²) in [6, 6.07) is 15.7. The molecule has 0 bridgehead atoms. The summed E-state index contributed by atoms with van der Waals surface area (Å²) in [4.78, 5) is 16.7. The van der Waals surface area contributed by atoms with Crippen LogP contribution in [0.3, 0.4) is 0 Å². The lowest BCUT2D eigenvalue weighted by Crippen LogP contribution is -2.37. The van der Waals surface area contributed by atoms with Crippen LogP contribution < -0.4 is 0 Å². The quantitative estimate of drug-likeness (QED) is 0.805. The number of carbonyl (C=O) groups excluding carboxylic acids is 1. The van der Waals surface area contributed by atoms with Gasteiger partial charge in [-0.3, -0.25) is 4.79 Å². The minimum Gasteiger partial charge on any atom is -0.342 e. The van der Waals surface area contributed by atoms with Crippen molar-refractivity contribution in [3.05, 3.63) is 59.2 Å². The Morgan fingerprint density at radius 1 is 1.04 bits per heavy atom. The van der Waals surface area contributed by atoms with E-state index in [-0.39, 0.29) is 5.91 Å². The van der Waals surface area contributed by atoms with Crippen LogP contribution in [0, 0.1) is 0 Å². The molecule has 1 fully saturated rings. The Balaban J connectivity index is 1.50. The first kappa shape index (κ1) is 18.2. The summed E-state index contributed by atoms with van der Waals surface area (Å²) in [7, 11) is 1.84. The van der Waals surface area contributed by atoms with E-state index in [4.69, 9.17) is 0 Å². The van der Waals surface area contributed by atoms with Gasteiger partial charge in [0.05, 0.1) is 0 Å². The number of hydrogen-bond donors (Lipinski definition) is 0. The molecule has 1 unspecified atom stereocenters. The maximum absolute atomic E-state index is 12.3. The minimum absolute atomic E-state index is 0.0856. The predicted octanol–water partition coefficient (Wildman–Crippen LogP) is 4.40. The molecule has 1 aliphatic heterocycles. The summed E-state index contributed by atoms with van der Waals surface area (Å²) in [5.41, 5.74) is 6.24. The van der Waals surface area contributed by atoms with Crippen LogP contribution in [0.25, 0.3) is 11.1 Å². The zero-order valence-electron chi connectivity index (χ0n) is 16.6. The third-order valence-electron chi connectivity index (χ3n) is 6.35. The number of benzene rings is 2. The van der Waals surface area contributed by atoms with Gasteiger partial charge in [0.25, 0.3) is 5.91 Å². The van der Waals surface area contributed by atoms with Crippen LogP contribution >= 0.6 is 0 Å². The van der Waals surface area contributed by atoms with E-state index in [1.54, 1.807) is 4.90 Å². The van der Waals surface area contributed by atoms with Gasteiger partial charge in [0.15, 0.2) is 0 Å².